The minimum Gasteiger partial charge on any atom is -0.367 e. The second-order valence-electron chi connectivity index (χ2n) is 3.95. The zero-order valence-electron chi connectivity index (χ0n) is 8.58. The van der Waals surface area contributed by atoms with Crippen LogP contribution in [0.25, 0.3) is 0 Å². The molecule has 0 aromatic carbocycles. The number of rotatable bonds is 1. The summed E-state index contributed by atoms with van der Waals surface area (Å²) in [5.74, 6) is 0. The maximum atomic E-state index is 11.5. The highest BCUT2D eigenvalue weighted by Crippen LogP contribution is 2.24. The summed E-state index contributed by atoms with van der Waals surface area (Å²) in [6, 6.07) is 0.428. The van der Waals surface area contributed by atoms with Gasteiger partial charge in [-0.25, -0.2) is 5.10 Å². The van der Waals surface area contributed by atoms with Crippen molar-refractivity contribution in [2.24, 2.45) is 0 Å². The molecular formula is C10H15N3O. The molecule has 1 aliphatic rings. The SMILES string of the molecule is CC(C)N1CCCc2c1cn[nH]c2=O. The van der Waals surface area contributed by atoms with Crippen LogP contribution in [-0.2, 0) is 6.42 Å². The molecule has 1 N–H and O–H groups in total. The fourth-order valence-corrected chi connectivity index (χ4v) is 1.99. The minimum absolute atomic E-state index is 0.0344. The number of H-pyrrole nitrogens is 1. The summed E-state index contributed by atoms with van der Waals surface area (Å²) < 4.78 is 0. The van der Waals surface area contributed by atoms with Crippen LogP contribution in [0.3, 0.4) is 0 Å². The third-order valence-electron chi connectivity index (χ3n) is 2.69. The van der Waals surface area contributed by atoms with E-state index in [9.17, 15) is 4.79 Å². The number of nitrogens with one attached hydrogen (secondary N) is 1. The van der Waals surface area contributed by atoms with E-state index in [1.165, 1.54) is 0 Å². The predicted molar refractivity (Wildman–Crippen MR) is 55.7 cm³/mol. The third-order valence-corrected chi connectivity index (χ3v) is 2.69. The van der Waals surface area contributed by atoms with E-state index < -0.39 is 0 Å². The second-order valence-corrected chi connectivity index (χ2v) is 3.95. The van der Waals surface area contributed by atoms with Crippen LogP contribution in [0.4, 0.5) is 5.69 Å². The molecule has 0 aliphatic carbocycles. The fourth-order valence-electron chi connectivity index (χ4n) is 1.99. The van der Waals surface area contributed by atoms with Crippen LogP contribution in [0, 0.1) is 0 Å². The minimum atomic E-state index is -0.0344. The van der Waals surface area contributed by atoms with Crippen LogP contribution in [-0.4, -0.2) is 22.8 Å². The Morgan fingerprint density at radius 3 is 3.07 bits per heavy atom. The first-order valence-electron chi connectivity index (χ1n) is 5.03. The van der Waals surface area contributed by atoms with Crippen molar-refractivity contribution in [3.05, 3.63) is 22.1 Å². The van der Waals surface area contributed by atoms with E-state index in [0.717, 1.165) is 30.6 Å². The maximum absolute atomic E-state index is 11.5. The number of hydrogen-bond donors (Lipinski definition) is 1. The lowest BCUT2D eigenvalue weighted by molar-refractivity contribution is 0.617. The number of aromatic amines is 1. The number of fused-ring (bicyclic) bond motifs is 1. The molecule has 1 aromatic rings. The molecule has 76 valence electrons. The molecule has 0 fully saturated rings. The van der Waals surface area contributed by atoms with Crippen molar-refractivity contribution in [1.82, 2.24) is 10.2 Å². The average molecular weight is 193 g/mol. The Morgan fingerprint density at radius 1 is 1.57 bits per heavy atom. The van der Waals surface area contributed by atoms with Gasteiger partial charge in [-0.3, -0.25) is 4.79 Å². The Hall–Kier alpha value is -1.32. The molecule has 0 spiro atoms. The molecule has 2 heterocycles. The summed E-state index contributed by atoms with van der Waals surface area (Å²) in [7, 11) is 0. The van der Waals surface area contributed by atoms with E-state index in [0.29, 0.717) is 6.04 Å². The topological polar surface area (TPSA) is 49.0 Å². The van der Waals surface area contributed by atoms with Crippen molar-refractivity contribution >= 4 is 5.69 Å². The van der Waals surface area contributed by atoms with Crippen LogP contribution in [0.5, 0.6) is 0 Å². The summed E-state index contributed by atoms with van der Waals surface area (Å²) in [6.07, 6.45) is 3.69. The predicted octanol–water partition coefficient (Wildman–Crippen LogP) is 0.931. The Bertz CT molecular complexity index is 383. The Balaban J connectivity index is 2.50. The van der Waals surface area contributed by atoms with E-state index in [1.54, 1.807) is 6.20 Å². The molecule has 1 aromatic heterocycles. The van der Waals surface area contributed by atoms with Crippen molar-refractivity contribution in [2.45, 2.75) is 32.7 Å². The normalized spacial score (nSPS) is 15.8. The van der Waals surface area contributed by atoms with Gasteiger partial charge in [0.2, 0.25) is 0 Å². The van der Waals surface area contributed by atoms with Gasteiger partial charge < -0.3 is 4.90 Å². The van der Waals surface area contributed by atoms with Crippen LogP contribution in [0.15, 0.2) is 11.0 Å². The summed E-state index contributed by atoms with van der Waals surface area (Å²) in [5.41, 5.74) is 1.86. The molecule has 0 unspecified atom stereocenters. The van der Waals surface area contributed by atoms with Crippen molar-refractivity contribution in [1.29, 1.82) is 0 Å². The van der Waals surface area contributed by atoms with Gasteiger partial charge in [-0.1, -0.05) is 0 Å². The van der Waals surface area contributed by atoms with Crippen molar-refractivity contribution < 1.29 is 0 Å². The van der Waals surface area contributed by atoms with Crippen LogP contribution < -0.4 is 10.5 Å². The standard InChI is InChI=1S/C10H15N3O/c1-7(2)13-5-3-4-8-9(13)6-11-12-10(8)14/h6-7H,3-5H2,1-2H3,(H,12,14). The highest BCUT2D eigenvalue weighted by atomic mass is 16.1. The molecule has 1 aliphatic heterocycles. The first kappa shape index (κ1) is 9.24. The smallest absolute Gasteiger partial charge is 0.269 e. The maximum Gasteiger partial charge on any atom is 0.269 e. The van der Waals surface area contributed by atoms with Gasteiger partial charge in [0.25, 0.3) is 5.56 Å². The monoisotopic (exact) mass is 193 g/mol. The molecule has 0 amide bonds. The Morgan fingerprint density at radius 2 is 2.36 bits per heavy atom. The zero-order valence-corrected chi connectivity index (χ0v) is 8.58. The Kier molecular flexibility index (Phi) is 2.27. The summed E-state index contributed by atoms with van der Waals surface area (Å²) in [6.45, 7) is 5.29. The van der Waals surface area contributed by atoms with Crippen LogP contribution >= 0.6 is 0 Å². The fraction of sp³-hybridized carbons (Fsp3) is 0.600. The molecule has 2 rings (SSSR count). The molecule has 0 bridgehead atoms. The van der Waals surface area contributed by atoms with Crippen molar-refractivity contribution in [2.75, 3.05) is 11.4 Å². The first-order valence-corrected chi connectivity index (χ1v) is 5.03. The van der Waals surface area contributed by atoms with E-state index >= 15 is 0 Å². The molecule has 0 atom stereocenters. The van der Waals surface area contributed by atoms with Gasteiger partial charge in [-0.2, -0.15) is 5.10 Å². The lowest BCUT2D eigenvalue weighted by atomic mass is 10.0. The largest absolute Gasteiger partial charge is 0.367 e. The summed E-state index contributed by atoms with van der Waals surface area (Å²) in [4.78, 5) is 13.7. The molecular weight excluding hydrogens is 178 g/mol. The molecule has 0 saturated heterocycles. The number of anilines is 1. The lowest BCUT2D eigenvalue weighted by Gasteiger charge is -2.33. The molecule has 0 radical (unpaired) electrons. The van der Waals surface area contributed by atoms with E-state index in [4.69, 9.17) is 0 Å². The number of aromatic nitrogens is 2. The third kappa shape index (κ3) is 1.41. The highest BCUT2D eigenvalue weighted by Gasteiger charge is 2.21. The van der Waals surface area contributed by atoms with Gasteiger partial charge in [0, 0.05) is 18.2 Å². The molecule has 14 heavy (non-hydrogen) atoms. The van der Waals surface area contributed by atoms with Gasteiger partial charge in [0.1, 0.15) is 0 Å². The van der Waals surface area contributed by atoms with Gasteiger partial charge >= 0.3 is 0 Å². The van der Waals surface area contributed by atoms with Gasteiger partial charge in [-0.05, 0) is 26.7 Å². The average Bonchev–Trinajstić information content (AvgIpc) is 2.17. The zero-order chi connectivity index (χ0) is 10.1. The Labute approximate surface area is 82.9 Å². The lowest BCUT2D eigenvalue weighted by Crippen LogP contribution is -2.38. The van der Waals surface area contributed by atoms with Gasteiger partial charge in [-0.15, -0.1) is 0 Å². The van der Waals surface area contributed by atoms with Crippen molar-refractivity contribution in [3.8, 4) is 0 Å². The van der Waals surface area contributed by atoms with E-state index in [2.05, 4.69) is 28.9 Å². The summed E-state index contributed by atoms with van der Waals surface area (Å²) in [5, 5.41) is 6.34. The molecule has 4 nitrogen and oxygen atoms in total. The van der Waals surface area contributed by atoms with E-state index in [-0.39, 0.29) is 5.56 Å². The van der Waals surface area contributed by atoms with Crippen LogP contribution in [0.1, 0.15) is 25.8 Å². The second kappa shape index (κ2) is 3.44. The summed E-state index contributed by atoms with van der Waals surface area (Å²) >= 11 is 0. The van der Waals surface area contributed by atoms with E-state index in [1.807, 2.05) is 0 Å². The van der Waals surface area contributed by atoms with Crippen LogP contribution in [0.2, 0.25) is 0 Å². The number of hydrogen-bond acceptors (Lipinski definition) is 3. The molecule has 0 saturated carbocycles. The van der Waals surface area contributed by atoms with Gasteiger partial charge in [0.05, 0.1) is 11.9 Å². The molecule has 4 heteroatoms. The highest BCUT2D eigenvalue weighted by molar-refractivity contribution is 5.53. The quantitative estimate of drug-likeness (QED) is 0.721. The first-order chi connectivity index (χ1) is 6.70. The van der Waals surface area contributed by atoms with Crippen molar-refractivity contribution in [3.63, 3.8) is 0 Å². The number of nitrogens with zero attached hydrogens (tertiary/aromatic N) is 2. The van der Waals surface area contributed by atoms with Gasteiger partial charge in [0.15, 0.2) is 0 Å².